The van der Waals surface area contributed by atoms with Gasteiger partial charge in [0.25, 0.3) is 5.91 Å². The molecule has 0 atom stereocenters. The summed E-state index contributed by atoms with van der Waals surface area (Å²) >= 11 is 0. The largest absolute Gasteiger partial charge is 0.484 e. The van der Waals surface area contributed by atoms with E-state index in [9.17, 15) is 9.59 Å². The van der Waals surface area contributed by atoms with Gasteiger partial charge in [0.2, 0.25) is 11.2 Å². The first-order chi connectivity index (χ1) is 15.9. The molecule has 3 aromatic carbocycles. The molecule has 0 bridgehead atoms. The molecule has 0 spiro atoms. The molecular formula is C27H25NO5. The molecule has 1 heterocycles. The Hall–Kier alpha value is -4.06. The molecule has 0 fully saturated rings. The van der Waals surface area contributed by atoms with Gasteiger partial charge in [0.1, 0.15) is 23.3 Å². The van der Waals surface area contributed by atoms with Gasteiger partial charge in [-0.3, -0.25) is 9.59 Å². The van der Waals surface area contributed by atoms with Crippen molar-refractivity contribution in [3.8, 4) is 17.2 Å². The number of aryl methyl sites for hydroxylation is 3. The minimum Gasteiger partial charge on any atom is -0.484 e. The molecule has 0 radical (unpaired) electrons. The molecule has 0 aliphatic carbocycles. The van der Waals surface area contributed by atoms with Gasteiger partial charge in [-0.2, -0.15) is 0 Å². The number of ether oxygens (including phenoxy) is 2. The molecular weight excluding hydrogens is 418 g/mol. The number of hydrogen-bond acceptors (Lipinski definition) is 5. The van der Waals surface area contributed by atoms with Crippen LogP contribution in [-0.4, -0.2) is 12.5 Å². The fraction of sp³-hybridized carbons (Fsp3) is 0.185. The number of fused-ring (bicyclic) bond motifs is 1. The monoisotopic (exact) mass is 443 g/mol. The van der Waals surface area contributed by atoms with Crippen LogP contribution >= 0.6 is 0 Å². The second-order valence-electron chi connectivity index (χ2n) is 7.90. The molecule has 4 rings (SSSR count). The van der Waals surface area contributed by atoms with Crippen LogP contribution in [0.5, 0.6) is 17.2 Å². The average molecular weight is 443 g/mol. The van der Waals surface area contributed by atoms with Crippen molar-refractivity contribution in [2.75, 3.05) is 11.9 Å². The van der Waals surface area contributed by atoms with E-state index >= 15 is 0 Å². The lowest BCUT2D eigenvalue weighted by atomic mass is 10.1. The fourth-order valence-electron chi connectivity index (χ4n) is 3.54. The molecule has 0 saturated heterocycles. The lowest BCUT2D eigenvalue weighted by molar-refractivity contribution is -0.118. The van der Waals surface area contributed by atoms with Gasteiger partial charge in [-0.15, -0.1) is 0 Å². The average Bonchev–Trinajstić information content (AvgIpc) is 2.79. The highest BCUT2D eigenvalue weighted by molar-refractivity contribution is 5.92. The van der Waals surface area contributed by atoms with Crippen molar-refractivity contribution in [3.05, 3.63) is 93.8 Å². The molecule has 0 unspecified atom stereocenters. The smallest absolute Gasteiger partial charge is 0.262 e. The first kappa shape index (κ1) is 22.1. The Morgan fingerprint density at radius 3 is 2.36 bits per heavy atom. The topological polar surface area (TPSA) is 77.8 Å². The van der Waals surface area contributed by atoms with Crippen molar-refractivity contribution in [1.29, 1.82) is 0 Å². The maximum atomic E-state index is 12.8. The van der Waals surface area contributed by atoms with Gasteiger partial charge in [-0.1, -0.05) is 25.1 Å². The Labute approximate surface area is 191 Å². The van der Waals surface area contributed by atoms with Crippen molar-refractivity contribution < 1.29 is 18.7 Å². The van der Waals surface area contributed by atoms with Crippen molar-refractivity contribution in [3.63, 3.8) is 0 Å². The SMILES string of the molecule is CCc1ccc(NC(=O)COc2ccc3c(=O)c(Oc4cc(C)cc(C)c4)coc3c2)cc1. The second kappa shape index (κ2) is 9.61. The van der Waals surface area contributed by atoms with Gasteiger partial charge in [0, 0.05) is 11.8 Å². The predicted octanol–water partition coefficient (Wildman–Crippen LogP) is 5.78. The normalized spacial score (nSPS) is 10.8. The second-order valence-corrected chi connectivity index (χ2v) is 7.90. The predicted molar refractivity (Wildman–Crippen MR) is 128 cm³/mol. The van der Waals surface area contributed by atoms with Gasteiger partial charge >= 0.3 is 0 Å². The molecule has 6 nitrogen and oxygen atoms in total. The highest BCUT2D eigenvalue weighted by Gasteiger charge is 2.12. The van der Waals surface area contributed by atoms with Crippen LogP contribution in [0.4, 0.5) is 5.69 Å². The summed E-state index contributed by atoms with van der Waals surface area (Å²) in [5.41, 5.74) is 4.06. The number of anilines is 1. The first-order valence-corrected chi connectivity index (χ1v) is 10.7. The van der Waals surface area contributed by atoms with E-state index in [0.717, 1.165) is 17.5 Å². The minimum absolute atomic E-state index is 0.106. The number of carbonyl (C=O) groups excluding carboxylic acids is 1. The molecule has 1 amide bonds. The third kappa shape index (κ3) is 5.41. The van der Waals surface area contributed by atoms with Crippen LogP contribution < -0.4 is 20.2 Å². The molecule has 0 aliphatic rings. The van der Waals surface area contributed by atoms with Gasteiger partial charge in [0.15, 0.2) is 6.61 Å². The van der Waals surface area contributed by atoms with Crippen LogP contribution in [0.15, 0.2) is 76.1 Å². The summed E-state index contributed by atoms with van der Waals surface area (Å²) in [5.74, 6) is 0.826. The Balaban J connectivity index is 1.44. The van der Waals surface area contributed by atoms with Crippen molar-refractivity contribution >= 4 is 22.6 Å². The maximum Gasteiger partial charge on any atom is 0.262 e. The zero-order valence-electron chi connectivity index (χ0n) is 18.8. The highest BCUT2D eigenvalue weighted by Crippen LogP contribution is 2.25. The van der Waals surface area contributed by atoms with Crippen LogP contribution in [0, 0.1) is 13.8 Å². The minimum atomic E-state index is -0.282. The zero-order valence-corrected chi connectivity index (χ0v) is 18.8. The summed E-state index contributed by atoms with van der Waals surface area (Å²) in [7, 11) is 0. The van der Waals surface area contributed by atoms with Crippen LogP contribution in [0.25, 0.3) is 11.0 Å². The van der Waals surface area contributed by atoms with Gasteiger partial charge in [-0.05, 0) is 73.4 Å². The number of hydrogen-bond donors (Lipinski definition) is 1. The number of rotatable bonds is 7. The van der Waals surface area contributed by atoms with Crippen LogP contribution in [-0.2, 0) is 11.2 Å². The first-order valence-electron chi connectivity index (χ1n) is 10.7. The molecule has 6 heteroatoms. The summed E-state index contributed by atoms with van der Waals surface area (Å²) in [6, 6.07) is 18.2. The lowest BCUT2D eigenvalue weighted by Gasteiger charge is -2.10. The van der Waals surface area contributed by atoms with E-state index in [1.807, 2.05) is 56.3 Å². The molecule has 1 N–H and O–H groups in total. The van der Waals surface area contributed by atoms with Gasteiger partial charge < -0.3 is 19.2 Å². The molecule has 33 heavy (non-hydrogen) atoms. The van der Waals surface area contributed by atoms with E-state index in [-0.39, 0.29) is 23.7 Å². The Kier molecular flexibility index (Phi) is 6.45. The molecule has 4 aromatic rings. The standard InChI is InChI=1S/C27H25NO5/c1-4-19-5-7-20(8-6-19)28-26(29)16-31-21-9-10-23-24(14-21)32-15-25(27(23)30)33-22-12-17(2)11-18(3)13-22/h5-15H,4,16H2,1-3H3,(H,28,29). The Morgan fingerprint density at radius 2 is 1.67 bits per heavy atom. The number of benzene rings is 3. The third-order valence-corrected chi connectivity index (χ3v) is 5.15. The van der Waals surface area contributed by atoms with E-state index in [4.69, 9.17) is 13.9 Å². The van der Waals surface area contributed by atoms with E-state index in [1.54, 1.807) is 18.2 Å². The summed E-state index contributed by atoms with van der Waals surface area (Å²) in [6.45, 7) is 5.84. The summed E-state index contributed by atoms with van der Waals surface area (Å²) in [6.07, 6.45) is 2.23. The van der Waals surface area contributed by atoms with Gasteiger partial charge in [0.05, 0.1) is 5.39 Å². The summed E-state index contributed by atoms with van der Waals surface area (Å²) in [5, 5.41) is 3.16. The lowest BCUT2D eigenvalue weighted by Crippen LogP contribution is -2.20. The third-order valence-electron chi connectivity index (χ3n) is 5.15. The van der Waals surface area contributed by atoms with Crippen LogP contribution in [0.3, 0.4) is 0 Å². The van der Waals surface area contributed by atoms with E-state index in [2.05, 4.69) is 12.2 Å². The Morgan fingerprint density at radius 1 is 0.939 bits per heavy atom. The van der Waals surface area contributed by atoms with Gasteiger partial charge in [-0.25, -0.2) is 0 Å². The molecule has 0 saturated carbocycles. The van der Waals surface area contributed by atoms with E-state index in [0.29, 0.717) is 28.2 Å². The fourth-order valence-corrected chi connectivity index (χ4v) is 3.54. The quantitative estimate of drug-likeness (QED) is 0.392. The van der Waals surface area contributed by atoms with Crippen molar-refractivity contribution in [2.24, 2.45) is 0 Å². The summed E-state index contributed by atoms with van der Waals surface area (Å²) in [4.78, 5) is 25.0. The highest BCUT2D eigenvalue weighted by atomic mass is 16.5. The van der Waals surface area contributed by atoms with Crippen molar-refractivity contribution in [2.45, 2.75) is 27.2 Å². The van der Waals surface area contributed by atoms with Crippen LogP contribution in [0.1, 0.15) is 23.6 Å². The molecule has 1 aromatic heterocycles. The van der Waals surface area contributed by atoms with E-state index < -0.39 is 0 Å². The number of amides is 1. The molecule has 0 aliphatic heterocycles. The van der Waals surface area contributed by atoms with E-state index in [1.165, 1.54) is 11.8 Å². The Bertz CT molecular complexity index is 1340. The van der Waals surface area contributed by atoms with Crippen LogP contribution in [0.2, 0.25) is 0 Å². The zero-order chi connectivity index (χ0) is 23.4. The maximum absolute atomic E-state index is 12.8. The number of carbonyl (C=O) groups is 1. The number of nitrogens with one attached hydrogen (secondary N) is 1. The summed E-state index contributed by atoms with van der Waals surface area (Å²) < 4.78 is 17.0. The molecule has 168 valence electrons. The van der Waals surface area contributed by atoms with Crippen molar-refractivity contribution in [1.82, 2.24) is 0 Å².